The first-order valence-electron chi connectivity index (χ1n) is 9.03. The minimum atomic E-state index is -0.748. The van der Waals surface area contributed by atoms with Gasteiger partial charge in [0.25, 0.3) is 5.91 Å². The van der Waals surface area contributed by atoms with Crippen LogP contribution in [0.2, 0.25) is 0 Å². The summed E-state index contributed by atoms with van der Waals surface area (Å²) in [4.78, 5) is 28.7. The van der Waals surface area contributed by atoms with Crippen molar-refractivity contribution in [2.45, 2.75) is 39.2 Å². The standard InChI is InChI=1S/C20H27N3O3/c1-4-11-22-14-17(23(15-22)12-5-2)13-18(20(25)26-3)21-19(24)16-9-7-6-8-10-16/h6-10,14,18H,4-5,11-13H2,1-3H3,(H,21,24)/t18-/m0/s1. The molecule has 1 amide bonds. The molecule has 2 rings (SSSR count). The van der Waals surface area contributed by atoms with Gasteiger partial charge in [-0.25, -0.2) is 4.79 Å². The molecule has 0 spiro atoms. The topological polar surface area (TPSA) is 61.9 Å². The van der Waals surface area contributed by atoms with E-state index in [4.69, 9.17) is 4.74 Å². The number of methoxy groups -OCH3 is 1. The maximum atomic E-state index is 12.4. The van der Waals surface area contributed by atoms with E-state index in [0.717, 1.165) is 31.6 Å². The Morgan fingerprint density at radius 1 is 1.15 bits per heavy atom. The maximum Gasteiger partial charge on any atom is 0.328 e. The van der Waals surface area contributed by atoms with Crippen molar-refractivity contribution in [2.24, 2.45) is 0 Å². The van der Waals surface area contributed by atoms with Gasteiger partial charge in [-0.3, -0.25) is 4.79 Å². The Labute approximate surface area is 155 Å². The van der Waals surface area contributed by atoms with Crippen LogP contribution in [0, 0.1) is 6.67 Å². The highest BCUT2D eigenvalue weighted by atomic mass is 16.5. The molecule has 0 unspecified atom stereocenters. The lowest BCUT2D eigenvalue weighted by atomic mass is 10.1. The molecule has 1 aliphatic heterocycles. The summed E-state index contributed by atoms with van der Waals surface area (Å²) in [6.07, 6.45) is 4.31. The first-order chi connectivity index (χ1) is 12.6. The summed E-state index contributed by atoms with van der Waals surface area (Å²) in [6, 6.07) is 8.10. The van der Waals surface area contributed by atoms with Crippen LogP contribution in [0.25, 0.3) is 0 Å². The fraction of sp³-hybridized carbons (Fsp3) is 0.450. The summed E-state index contributed by atoms with van der Waals surface area (Å²) < 4.78 is 4.90. The Hall–Kier alpha value is -2.50. The van der Waals surface area contributed by atoms with E-state index in [1.807, 2.05) is 22.1 Å². The summed E-state index contributed by atoms with van der Waals surface area (Å²) in [6.45, 7) is 9.18. The zero-order chi connectivity index (χ0) is 18.9. The van der Waals surface area contributed by atoms with E-state index < -0.39 is 12.0 Å². The summed E-state index contributed by atoms with van der Waals surface area (Å²) in [5, 5.41) is 2.79. The predicted molar refractivity (Wildman–Crippen MR) is 99.6 cm³/mol. The Morgan fingerprint density at radius 3 is 2.46 bits per heavy atom. The number of amides is 1. The van der Waals surface area contributed by atoms with Crippen molar-refractivity contribution in [1.82, 2.24) is 15.1 Å². The molecule has 1 aliphatic rings. The van der Waals surface area contributed by atoms with Crippen LogP contribution in [0.15, 0.2) is 42.2 Å². The number of carbonyl (C=O) groups is 2. The molecular weight excluding hydrogens is 330 g/mol. The fourth-order valence-corrected chi connectivity index (χ4v) is 2.81. The summed E-state index contributed by atoms with van der Waals surface area (Å²) in [7, 11) is 1.33. The van der Waals surface area contributed by atoms with Gasteiger partial charge in [-0.05, 0) is 25.0 Å². The average Bonchev–Trinajstić information content (AvgIpc) is 3.03. The molecule has 0 bridgehead atoms. The summed E-state index contributed by atoms with van der Waals surface area (Å²) in [5.74, 6) is -0.749. The molecule has 1 aromatic carbocycles. The van der Waals surface area contributed by atoms with Crippen LogP contribution >= 0.6 is 0 Å². The molecule has 0 saturated carbocycles. The van der Waals surface area contributed by atoms with Gasteiger partial charge in [0, 0.05) is 37.0 Å². The van der Waals surface area contributed by atoms with Gasteiger partial charge in [0.05, 0.1) is 7.11 Å². The largest absolute Gasteiger partial charge is 0.467 e. The van der Waals surface area contributed by atoms with Crippen molar-refractivity contribution in [3.05, 3.63) is 54.5 Å². The van der Waals surface area contributed by atoms with Crippen LogP contribution in [0.4, 0.5) is 0 Å². The number of hydrogen-bond acceptors (Lipinski definition) is 5. The van der Waals surface area contributed by atoms with Crippen LogP contribution in [-0.4, -0.2) is 47.9 Å². The normalized spacial score (nSPS) is 14.8. The smallest absolute Gasteiger partial charge is 0.328 e. The number of nitrogens with one attached hydrogen (secondary N) is 1. The quantitative estimate of drug-likeness (QED) is 0.689. The van der Waals surface area contributed by atoms with E-state index in [0.29, 0.717) is 12.0 Å². The highest BCUT2D eigenvalue weighted by molar-refractivity contribution is 5.96. The van der Waals surface area contributed by atoms with E-state index in [-0.39, 0.29) is 5.91 Å². The van der Waals surface area contributed by atoms with Gasteiger partial charge in [-0.2, -0.15) is 0 Å². The molecule has 1 N–H and O–H groups in total. The second-order valence-corrected chi connectivity index (χ2v) is 6.18. The van der Waals surface area contributed by atoms with Gasteiger partial charge in [-0.15, -0.1) is 0 Å². The van der Waals surface area contributed by atoms with Gasteiger partial charge in [0.2, 0.25) is 6.67 Å². The Kier molecular flexibility index (Phi) is 7.51. The molecule has 6 nitrogen and oxygen atoms in total. The SMILES string of the molecule is CCCN1[C]N(CCC)C(C[C@H](NC(=O)c2ccccc2)C(=O)OC)=C1. The van der Waals surface area contributed by atoms with Gasteiger partial charge in [0.15, 0.2) is 0 Å². The van der Waals surface area contributed by atoms with Crippen LogP contribution in [0.3, 0.4) is 0 Å². The molecule has 6 heteroatoms. The third kappa shape index (κ3) is 5.25. The Bertz CT molecular complexity index is 630. The molecular formula is C20H27N3O3. The number of rotatable bonds is 9. The number of ether oxygens (including phenoxy) is 1. The van der Waals surface area contributed by atoms with Crippen LogP contribution < -0.4 is 5.32 Å². The fourth-order valence-electron chi connectivity index (χ4n) is 2.81. The highest BCUT2D eigenvalue weighted by Gasteiger charge is 2.29. The summed E-state index contributed by atoms with van der Waals surface area (Å²) >= 11 is 0. The van der Waals surface area contributed by atoms with Crippen molar-refractivity contribution >= 4 is 11.9 Å². The van der Waals surface area contributed by atoms with E-state index in [1.54, 1.807) is 24.3 Å². The zero-order valence-corrected chi connectivity index (χ0v) is 15.7. The second kappa shape index (κ2) is 9.85. The lowest BCUT2D eigenvalue weighted by Crippen LogP contribution is -2.42. The number of hydrogen-bond donors (Lipinski definition) is 1. The van der Waals surface area contributed by atoms with E-state index in [2.05, 4.69) is 25.8 Å². The van der Waals surface area contributed by atoms with Crippen LogP contribution in [-0.2, 0) is 9.53 Å². The van der Waals surface area contributed by atoms with Crippen molar-refractivity contribution in [2.75, 3.05) is 20.2 Å². The molecule has 1 atom stereocenters. The second-order valence-electron chi connectivity index (χ2n) is 6.18. The van der Waals surface area contributed by atoms with E-state index >= 15 is 0 Å². The number of carbonyl (C=O) groups excluding carboxylic acids is 2. The lowest BCUT2D eigenvalue weighted by molar-refractivity contribution is -0.142. The highest BCUT2D eigenvalue weighted by Crippen LogP contribution is 2.24. The minimum Gasteiger partial charge on any atom is -0.467 e. The molecule has 0 aliphatic carbocycles. The molecule has 1 aromatic rings. The third-order valence-corrected chi connectivity index (χ3v) is 4.05. The van der Waals surface area contributed by atoms with Gasteiger partial charge in [-0.1, -0.05) is 32.0 Å². The van der Waals surface area contributed by atoms with E-state index in [1.165, 1.54) is 7.11 Å². The third-order valence-electron chi connectivity index (χ3n) is 4.05. The van der Waals surface area contributed by atoms with Crippen LogP contribution in [0.5, 0.6) is 0 Å². The Morgan fingerprint density at radius 2 is 1.85 bits per heavy atom. The lowest BCUT2D eigenvalue weighted by Gasteiger charge is -2.24. The van der Waals surface area contributed by atoms with Crippen LogP contribution in [0.1, 0.15) is 43.5 Å². The zero-order valence-electron chi connectivity index (χ0n) is 15.7. The Balaban J connectivity index is 2.12. The molecule has 0 aromatic heterocycles. The monoisotopic (exact) mass is 357 g/mol. The minimum absolute atomic E-state index is 0.292. The maximum absolute atomic E-state index is 12.4. The molecule has 0 fully saturated rings. The number of esters is 1. The molecule has 2 radical (unpaired) electrons. The number of nitrogens with zero attached hydrogens (tertiary/aromatic N) is 2. The van der Waals surface area contributed by atoms with E-state index in [9.17, 15) is 9.59 Å². The van der Waals surface area contributed by atoms with Crippen molar-refractivity contribution < 1.29 is 14.3 Å². The van der Waals surface area contributed by atoms with Crippen molar-refractivity contribution in [3.8, 4) is 0 Å². The first kappa shape index (κ1) is 19.8. The molecule has 1 heterocycles. The summed E-state index contributed by atoms with van der Waals surface area (Å²) in [5.41, 5.74) is 1.46. The molecule has 140 valence electrons. The van der Waals surface area contributed by atoms with Gasteiger partial charge >= 0.3 is 5.97 Å². The first-order valence-corrected chi connectivity index (χ1v) is 9.03. The van der Waals surface area contributed by atoms with Crippen molar-refractivity contribution in [1.29, 1.82) is 0 Å². The average molecular weight is 357 g/mol. The predicted octanol–water partition coefficient (Wildman–Crippen LogP) is 2.62. The van der Waals surface area contributed by atoms with Crippen molar-refractivity contribution in [3.63, 3.8) is 0 Å². The number of benzene rings is 1. The van der Waals surface area contributed by atoms with Gasteiger partial charge < -0.3 is 19.9 Å². The van der Waals surface area contributed by atoms with Gasteiger partial charge in [0.1, 0.15) is 6.04 Å². The molecule has 26 heavy (non-hydrogen) atoms. The molecule has 0 saturated heterocycles.